The molecule has 0 fully saturated rings. The van der Waals surface area contributed by atoms with E-state index < -0.39 is 0 Å². The second kappa shape index (κ2) is 9.78. The van der Waals surface area contributed by atoms with Crippen LogP contribution in [0.1, 0.15) is 51.0 Å². The van der Waals surface area contributed by atoms with E-state index in [9.17, 15) is 4.79 Å². The van der Waals surface area contributed by atoms with Crippen LogP contribution in [0.15, 0.2) is 71.2 Å². The topological polar surface area (TPSA) is 56.8 Å². The molecule has 3 aromatic carbocycles. The Morgan fingerprint density at radius 2 is 1.91 bits per heavy atom. The Labute approximate surface area is 214 Å². The maximum atomic E-state index is 12.3. The lowest BCUT2D eigenvalue weighted by molar-refractivity contribution is 0.0600. The lowest BCUT2D eigenvalue weighted by atomic mass is 9.76. The second-order valence-electron chi connectivity index (χ2n) is 8.98. The summed E-state index contributed by atoms with van der Waals surface area (Å²) >= 11 is 3.73. The third-order valence-electron chi connectivity index (χ3n) is 7.04. The van der Waals surface area contributed by atoms with Crippen molar-refractivity contribution in [3.63, 3.8) is 0 Å². The second-order valence-corrected chi connectivity index (χ2v) is 9.83. The number of methoxy groups -OCH3 is 2. The molecule has 0 saturated heterocycles. The highest BCUT2D eigenvalue weighted by molar-refractivity contribution is 9.10. The Kier molecular flexibility index (Phi) is 6.56. The van der Waals surface area contributed by atoms with Gasteiger partial charge in [-0.15, -0.1) is 0 Å². The van der Waals surface area contributed by atoms with Gasteiger partial charge in [0.25, 0.3) is 0 Å². The van der Waals surface area contributed by atoms with Crippen molar-refractivity contribution in [2.75, 3.05) is 19.5 Å². The van der Waals surface area contributed by atoms with Gasteiger partial charge in [-0.3, -0.25) is 0 Å². The van der Waals surface area contributed by atoms with E-state index in [1.54, 1.807) is 7.11 Å². The van der Waals surface area contributed by atoms with E-state index >= 15 is 0 Å². The van der Waals surface area contributed by atoms with Gasteiger partial charge in [-0.05, 0) is 75.6 Å². The summed E-state index contributed by atoms with van der Waals surface area (Å²) in [4.78, 5) is 12.3. The van der Waals surface area contributed by atoms with Crippen molar-refractivity contribution in [2.24, 2.45) is 5.92 Å². The van der Waals surface area contributed by atoms with Crippen LogP contribution in [0.3, 0.4) is 0 Å². The van der Waals surface area contributed by atoms with Crippen LogP contribution in [-0.4, -0.2) is 20.2 Å². The number of nitrogens with one attached hydrogen (secondary N) is 1. The fourth-order valence-corrected chi connectivity index (χ4v) is 5.84. The molecule has 0 bridgehead atoms. The number of esters is 1. The van der Waals surface area contributed by atoms with E-state index in [2.05, 4.69) is 51.6 Å². The minimum atomic E-state index is -0.322. The van der Waals surface area contributed by atoms with Crippen molar-refractivity contribution in [3.8, 4) is 11.5 Å². The van der Waals surface area contributed by atoms with E-state index in [-0.39, 0.29) is 17.9 Å². The first-order chi connectivity index (χ1) is 17.0. The molecular formula is C29H28BrNO4. The lowest BCUT2D eigenvalue weighted by Crippen LogP contribution is -2.30. The summed E-state index contributed by atoms with van der Waals surface area (Å²) < 4.78 is 17.8. The van der Waals surface area contributed by atoms with Gasteiger partial charge in [0, 0.05) is 11.6 Å². The number of benzene rings is 3. The fraction of sp³-hybridized carbons (Fsp3) is 0.276. The van der Waals surface area contributed by atoms with E-state index in [1.807, 2.05) is 43.3 Å². The summed E-state index contributed by atoms with van der Waals surface area (Å²) in [5.74, 6) is 1.68. The minimum absolute atomic E-state index is 0.0440. The summed E-state index contributed by atoms with van der Waals surface area (Å²) in [7, 11) is 3.08. The van der Waals surface area contributed by atoms with E-state index in [0.29, 0.717) is 29.6 Å². The van der Waals surface area contributed by atoms with Gasteiger partial charge < -0.3 is 19.5 Å². The number of carbonyl (C=O) groups excluding carboxylic acids is 1. The van der Waals surface area contributed by atoms with Crippen LogP contribution in [-0.2, 0) is 11.3 Å². The van der Waals surface area contributed by atoms with Gasteiger partial charge in [0.2, 0.25) is 0 Å². The molecule has 180 valence electrons. The van der Waals surface area contributed by atoms with Gasteiger partial charge in [0.05, 0.1) is 30.3 Å². The Bertz CT molecular complexity index is 1290. The zero-order valence-corrected chi connectivity index (χ0v) is 21.6. The van der Waals surface area contributed by atoms with Crippen LogP contribution < -0.4 is 14.8 Å². The fourth-order valence-electron chi connectivity index (χ4n) is 5.26. The van der Waals surface area contributed by atoms with Crippen LogP contribution >= 0.6 is 15.9 Å². The number of hydrogen-bond acceptors (Lipinski definition) is 5. The number of rotatable bonds is 6. The van der Waals surface area contributed by atoms with Gasteiger partial charge in [-0.2, -0.15) is 0 Å². The van der Waals surface area contributed by atoms with Gasteiger partial charge in [0.1, 0.15) is 6.61 Å². The van der Waals surface area contributed by atoms with E-state index in [4.69, 9.17) is 14.2 Å². The molecule has 35 heavy (non-hydrogen) atoms. The average molecular weight is 534 g/mol. The molecule has 0 saturated carbocycles. The molecule has 1 N–H and O–H groups in total. The first-order valence-electron chi connectivity index (χ1n) is 11.7. The molecule has 5 nitrogen and oxygen atoms in total. The van der Waals surface area contributed by atoms with Gasteiger partial charge in [-0.1, -0.05) is 48.6 Å². The van der Waals surface area contributed by atoms with Crippen LogP contribution in [0.4, 0.5) is 5.69 Å². The highest BCUT2D eigenvalue weighted by atomic mass is 79.9. The van der Waals surface area contributed by atoms with Gasteiger partial charge >= 0.3 is 5.97 Å². The zero-order valence-electron chi connectivity index (χ0n) is 20.0. The molecule has 2 aliphatic rings. The Morgan fingerprint density at radius 1 is 1.11 bits per heavy atom. The SMILES string of the molecule is COC(=O)c1ccc2c(c1C)N[C@H](c1cc(Br)c(OCc3ccccc3)c(OC)c1)[C@H]1CC=C[C@@H]21. The van der Waals surface area contributed by atoms with Crippen LogP contribution in [0.2, 0.25) is 0 Å². The van der Waals surface area contributed by atoms with Crippen LogP contribution in [0.25, 0.3) is 0 Å². The minimum Gasteiger partial charge on any atom is -0.493 e. The standard InChI is InChI=1S/C29H28BrNO4/c1-17-20(29(32)34-3)12-13-23-21-10-7-11-22(21)27(31-26(17)23)19-14-24(30)28(25(15-19)33-2)35-16-18-8-5-4-6-9-18/h4-10,12-15,21-22,27,31H,11,16H2,1-3H3/t21-,22+,27-/m1/s1. The molecule has 0 amide bonds. The number of allylic oxidation sites excluding steroid dienone is 2. The van der Waals surface area contributed by atoms with E-state index in [0.717, 1.165) is 33.3 Å². The third kappa shape index (κ3) is 4.31. The van der Waals surface area contributed by atoms with Crippen molar-refractivity contribution in [1.29, 1.82) is 0 Å². The summed E-state index contributed by atoms with van der Waals surface area (Å²) in [6, 6.07) is 18.2. The molecule has 1 heterocycles. The molecule has 1 aliphatic carbocycles. The smallest absolute Gasteiger partial charge is 0.338 e. The molecule has 3 atom stereocenters. The maximum Gasteiger partial charge on any atom is 0.338 e. The molecule has 0 spiro atoms. The van der Waals surface area contributed by atoms with Crippen molar-refractivity contribution in [1.82, 2.24) is 0 Å². The molecule has 0 unspecified atom stereocenters. The summed E-state index contributed by atoms with van der Waals surface area (Å²) in [6.07, 6.45) is 5.52. The molecule has 0 radical (unpaired) electrons. The molecule has 6 heteroatoms. The largest absolute Gasteiger partial charge is 0.493 e. The molecule has 3 aromatic rings. The van der Waals surface area contributed by atoms with Crippen molar-refractivity contribution in [2.45, 2.75) is 31.9 Å². The van der Waals surface area contributed by atoms with Crippen LogP contribution in [0, 0.1) is 12.8 Å². The number of halogens is 1. The number of hydrogen-bond donors (Lipinski definition) is 1. The summed E-state index contributed by atoms with van der Waals surface area (Å²) in [5.41, 5.74) is 5.92. The molecule has 0 aromatic heterocycles. The van der Waals surface area contributed by atoms with Crippen LogP contribution in [0.5, 0.6) is 11.5 Å². The number of anilines is 1. The predicted octanol–water partition coefficient (Wildman–Crippen LogP) is 6.96. The normalized spacial score (nSPS) is 19.9. The monoisotopic (exact) mass is 533 g/mol. The maximum absolute atomic E-state index is 12.3. The zero-order chi connectivity index (χ0) is 24.5. The summed E-state index contributed by atoms with van der Waals surface area (Å²) in [5, 5.41) is 3.76. The van der Waals surface area contributed by atoms with Crippen molar-refractivity contribution in [3.05, 3.63) is 99.0 Å². The Balaban J connectivity index is 1.50. The predicted molar refractivity (Wildman–Crippen MR) is 140 cm³/mol. The van der Waals surface area contributed by atoms with Crippen molar-refractivity contribution >= 4 is 27.6 Å². The highest BCUT2D eigenvalue weighted by Gasteiger charge is 2.39. The molecular weight excluding hydrogens is 506 g/mol. The Morgan fingerprint density at radius 3 is 2.66 bits per heavy atom. The summed E-state index contributed by atoms with van der Waals surface area (Å²) in [6.45, 7) is 2.43. The molecule has 5 rings (SSSR count). The number of carbonyl (C=O) groups is 1. The highest BCUT2D eigenvalue weighted by Crippen LogP contribution is 2.52. The third-order valence-corrected chi connectivity index (χ3v) is 7.63. The first-order valence-corrected chi connectivity index (χ1v) is 12.5. The molecule has 1 aliphatic heterocycles. The number of ether oxygens (including phenoxy) is 3. The van der Waals surface area contributed by atoms with Crippen molar-refractivity contribution < 1.29 is 19.0 Å². The van der Waals surface area contributed by atoms with E-state index in [1.165, 1.54) is 12.7 Å². The van der Waals surface area contributed by atoms with Gasteiger partial charge in [-0.25, -0.2) is 4.79 Å². The van der Waals surface area contributed by atoms with Gasteiger partial charge in [0.15, 0.2) is 11.5 Å². The first kappa shape index (κ1) is 23.5. The quantitative estimate of drug-likeness (QED) is 0.274. The average Bonchev–Trinajstić information content (AvgIpc) is 3.38. The lowest BCUT2D eigenvalue weighted by Gasteiger charge is -2.39. The Hall–Kier alpha value is -3.25. The number of fused-ring (bicyclic) bond motifs is 3.